The molecule has 3 N–H and O–H groups in total. The summed E-state index contributed by atoms with van der Waals surface area (Å²) in [5.74, 6) is -0.603. The molecule has 1 heterocycles. The van der Waals surface area contributed by atoms with E-state index in [0.717, 1.165) is 6.54 Å². The van der Waals surface area contributed by atoms with Gasteiger partial charge in [-0.1, -0.05) is 0 Å². The van der Waals surface area contributed by atoms with Gasteiger partial charge in [-0.05, 0) is 25.3 Å². The largest absolute Gasteiger partial charge is 0.480 e. The van der Waals surface area contributed by atoms with E-state index in [1.807, 2.05) is 0 Å². The van der Waals surface area contributed by atoms with Crippen LogP contribution in [0, 0.1) is 5.92 Å². The van der Waals surface area contributed by atoms with Crippen LogP contribution in [0.3, 0.4) is 0 Å². The van der Waals surface area contributed by atoms with E-state index in [4.69, 9.17) is 5.11 Å². The summed E-state index contributed by atoms with van der Waals surface area (Å²) in [5, 5.41) is 21.4. The molecule has 0 spiro atoms. The summed E-state index contributed by atoms with van der Waals surface area (Å²) < 4.78 is 0. The van der Waals surface area contributed by atoms with Crippen molar-refractivity contribution in [3.8, 4) is 0 Å². The molecule has 2 rings (SSSR count). The molecule has 2 aliphatic rings. The average Bonchev–Trinajstić information content (AvgIpc) is 2.99. The van der Waals surface area contributed by atoms with Gasteiger partial charge in [0.1, 0.15) is 6.04 Å². The summed E-state index contributed by atoms with van der Waals surface area (Å²) >= 11 is 0. The van der Waals surface area contributed by atoms with E-state index in [1.54, 1.807) is 0 Å². The molecule has 6 nitrogen and oxygen atoms in total. The van der Waals surface area contributed by atoms with Gasteiger partial charge in [-0.15, -0.1) is 0 Å². The SMILES string of the molecule is O=C(O)C1CC(O)CN1C(=O)CNCC1CC1. The minimum Gasteiger partial charge on any atom is -0.480 e. The second-order valence-electron chi connectivity index (χ2n) is 4.86. The summed E-state index contributed by atoms with van der Waals surface area (Å²) in [6, 6.07) is -0.875. The fourth-order valence-electron chi connectivity index (χ4n) is 2.13. The summed E-state index contributed by atoms with van der Waals surface area (Å²) in [7, 11) is 0. The number of aliphatic hydroxyl groups excluding tert-OH is 1. The van der Waals surface area contributed by atoms with E-state index in [0.29, 0.717) is 5.92 Å². The zero-order valence-electron chi connectivity index (χ0n) is 9.63. The molecular weight excluding hydrogens is 224 g/mol. The number of nitrogens with zero attached hydrogens (tertiary/aromatic N) is 1. The molecule has 96 valence electrons. The lowest BCUT2D eigenvalue weighted by Crippen LogP contribution is -2.44. The number of likely N-dealkylation sites (tertiary alicyclic amines) is 1. The predicted molar refractivity (Wildman–Crippen MR) is 59.4 cm³/mol. The summed E-state index contributed by atoms with van der Waals surface area (Å²) in [6.07, 6.45) is 1.83. The molecule has 1 amide bonds. The zero-order valence-corrected chi connectivity index (χ0v) is 9.63. The monoisotopic (exact) mass is 242 g/mol. The molecule has 0 aromatic heterocycles. The first-order valence-electron chi connectivity index (χ1n) is 5.99. The first-order valence-corrected chi connectivity index (χ1v) is 5.99. The van der Waals surface area contributed by atoms with Crippen LogP contribution >= 0.6 is 0 Å². The molecule has 0 aromatic carbocycles. The number of β-amino-alcohol motifs (C(OH)–C–C–N with tert-alkyl or cyclic N) is 1. The number of hydrogen-bond acceptors (Lipinski definition) is 4. The van der Waals surface area contributed by atoms with Gasteiger partial charge in [0.05, 0.1) is 12.6 Å². The molecule has 17 heavy (non-hydrogen) atoms. The van der Waals surface area contributed by atoms with Gasteiger partial charge >= 0.3 is 5.97 Å². The lowest BCUT2D eigenvalue weighted by atomic mass is 10.2. The first-order chi connectivity index (χ1) is 8.08. The minimum atomic E-state index is -1.04. The number of aliphatic carboxylic acids is 1. The summed E-state index contributed by atoms with van der Waals surface area (Å²) in [4.78, 5) is 24.0. The molecular formula is C11H18N2O4. The van der Waals surface area contributed by atoms with Crippen molar-refractivity contribution in [1.82, 2.24) is 10.2 Å². The number of carboxylic acid groups (broad SMARTS) is 1. The molecule has 1 aliphatic carbocycles. The highest BCUT2D eigenvalue weighted by molar-refractivity contribution is 5.85. The van der Waals surface area contributed by atoms with Crippen molar-refractivity contribution in [3.63, 3.8) is 0 Å². The Morgan fingerprint density at radius 3 is 2.65 bits per heavy atom. The maximum atomic E-state index is 11.8. The molecule has 0 bridgehead atoms. The van der Waals surface area contributed by atoms with Crippen LogP contribution < -0.4 is 5.32 Å². The Morgan fingerprint density at radius 2 is 2.06 bits per heavy atom. The number of rotatable bonds is 5. The van der Waals surface area contributed by atoms with Gasteiger partial charge in [0, 0.05) is 13.0 Å². The van der Waals surface area contributed by atoms with Gasteiger partial charge < -0.3 is 20.4 Å². The lowest BCUT2D eigenvalue weighted by Gasteiger charge is -2.21. The number of hydrogen-bond donors (Lipinski definition) is 3. The average molecular weight is 242 g/mol. The second kappa shape index (κ2) is 5.01. The maximum absolute atomic E-state index is 11.8. The smallest absolute Gasteiger partial charge is 0.326 e. The van der Waals surface area contributed by atoms with E-state index < -0.39 is 18.1 Å². The van der Waals surface area contributed by atoms with Crippen LogP contribution in [0.15, 0.2) is 0 Å². The Labute approximate surface area is 99.6 Å². The Balaban J connectivity index is 1.81. The van der Waals surface area contributed by atoms with Gasteiger partial charge in [0.25, 0.3) is 0 Å². The number of amides is 1. The van der Waals surface area contributed by atoms with Crippen molar-refractivity contribution in [2.75, 3.05) is 19.6 Å². The zero-order chi connectivity index (χ0) is 12.4. The van der Waals surface area contributed by atoms with E-state index in [-0.39, 0.29) is 25.4 Å². The molecule has 0 radical (unpaired) electrons. The Hall–Kier alpha value is -1.14. The number of carboxylic acids is 1. The predicted octanol–water partition coefficient (Wildman–Crippen LogP) is -0.968. The summed E-state index contributed by atoms with van der Waals surface area (Å²) in [5.41, 5.74) is 0. The number of carbonyl (C=O) groups excluding carboxylic acids is 1. The van der Waals surface area contributed by atoms with E-state index in [1.165, 1.54) is 17.7 Å². The van der Waals surface area contributed by atoms with Crippen LogP contribution in [-0.4, -0.2) is 58.8 Å². The number of aliphatic hydroxyl groups is 1. The molecule has 1 saturated carbocycles. The fourth-order valence-corrected chi connectivity index (χ4v) is 2.13. The van der Waals surface area contributed by atoms with E-state index >= 15 is 0 Å². The van der Waals surface area contributed by atoms with Crippen LogP contribution in [0.25, 0.3) is 0 Å². The minimum absolute atomic E-state index is 0.126. The third kappa shape index (κ3) is 3.17. The molecule has 2 fully saturated rings. The van der Waals surface area contributed by atoms with Crippen molar-refractivity contribution in [1.29, 1.82) is 0 Å². The highest BCUT2D eigenvalue weighted by Crippen LogP contribution is 2.27. The number of nitrogens with one attached hydrogen (secondary N) is 1. The van der Waals surface area contributed by atoms with Crippen LogP contribution in [0.4, 0.5) is 0 Å². The molecule has 2 unspecified atom stereocenters. The Morgan fingerprint density at radius 1 is 1.35 bits per heavy atom. The fraction of sp³-hybridized carbons (Fsp3) is 0.818. The maximum Gasteiger partial charge on any atom is 0.326 e. The number of carbonyl (C=O) groups is 2. The van der Waals surface area contributed by atoms with Gasteiger partial charge in [-0.25, -0.2) is 4.79 Å². The van der Waals surface area contributed by atoms with Crippen LogP contribution in [0.2, 0.25) is 0 Å². The van der Waals surface area contributed by atoms with Gasteiger partial charge in [-0.2, -0.15) is 0 Å². The third-order valence-corrected chi connectivity index (χ3v) is 3.29. The second-order valence-corrected chi connectivity index (χ2v) is 4.86. The molecule has 0 aromatic rings. The van der Waals surface area contributed by atoms with Crippen molar-refractivity contribution >= 4 is 11.9 Å². The van der Waals surface area contributed by atoms with Gasteiger partial charge in [-0.3, -0.25) is 4.79 Å². The van der Waals surface area contributed by atoms with Gasteiger partial charge in [0.2, 0.25) is 5.91 Å². The molecule has 2 atom stereocenters. The van der Waals surface area contributed by atoms with Crippen LogP contribution in [-0.2, 0) is 9.59 Å². The van der Waals surface area contributed by atoms with E-state index in [9.17, 15) is 14.7 Å². The first kappa shape index (κ1) is 12.3. The standard InChI is InChI=1S/C11H18N2O4/c14-8-3-9(11(16)17)13(6-8)10(15)5-12-4-7-1-2-7/h7-9,12,14H,1-6H2,(H,16,17). The Bertz CT molecular complexity index is 317. The van der Waals surface area contributed by atoms with Crippen molar-refractivity contribution < 1.29 is 19.8 Å². The molecule has 1 saturated heterocycles. The summed E-state index contributed by atoms with van der Waals surface area (Å²) in [6.45, 7) is 1.10. The normalized spacial score (nSPS) is 28.4. The highest BCUT2D eigenvalue weighted by atomic mass is 16.4. The van der Waals surface area contributed by atoms with Crippen molar-refractivity contribution in [3.05, 3.63) is 0 Å². The molecule has 6 heteroatoms. The van der Waals surface area contributed by atoms with E-state index in [2.05, 4.69) is 5.32 Å². The topological polar surface area (TPSA) is 89.9 Å². The highest BCUT2D eigenvalue weighted by Gasteiger charge is 2.38. The van der Waals surface area contributed by atoms with Crippen molar-refractivity contribution in [2.45, 2.75) is 31.4 Å². The third-order valence-electron chi connectivity index (χ3n) is 3.29. The van der Waals surface area contributed by atoms with Gasteiger partial charge in [0.15, 0.2) is 0 Å². The molecule has 1 aliphatic heterocycles. The van der Waals surface area contributed by atoms with Crippen LogP contribution in [0.5, 0.6) is 0 Å². The van der Waals surface area contributed by atoms with Crippen molar-refractivity contribution in [2.24, 2.45) is 5.92 Å². The Kier molecular flexibility index (Phi) is 3.63. The quantitative estimate of drug-likeness (QED) is 0.577. The van der Waals surface area contributed by atoms with Crippen LogP contribution in [0.1, 0.15) is 19.3 Å². The lowest BCUT2D eigenvalue weighted by molar-refractivity contribution is -0.147.